The van der Waals surface area contributed by atoms with Gasteiger partial charge in [-0.3, -0.25) is 14.5 Å². The molecule has 0 unspecified atom stereocenters. The van der Waals surface area contributed by atoms with Crippen LogP contribution in [-0.4, -0.2) is 90.8 Å². The minimum atomic E-state index is -0.227. The molecule has 5 heterocycles. The Morgan fingerprint density at radius 1 is 1.14 bits per heavy atom. The molecule has 2 aromatic rings. The van der Waals surface area contributed by atoms with Crippen molar-refractivity contribution in [2.75, 3.05) is 55.0 Å². The number of benzene rings is 1. The first kappa shape index (κ1) is 27.4. The van der Waals surface area contributed by atoms with Gasteiger partial charge >= 0.3 is 0 Å². The molecule has 2 amide bonds. The van der Waals surface area contributed by atoms with Crippen LogP contribution < -0.4 is 25.2 Å². The largest absolute Gasteiger partial charge is 0.491 e. The van der Waals surface area contributed by atoms with E-state index in [2.05, 4.69) is 32.3 Å². The van der Waals surface area contributed by atoms with Gasteiger partial charge < -0.3 is 29.9 Å². The fraction of sp³-hybridized carbons (Fsp3) is 0.613. The normalized spacial score (nSPS) is 25.7. The second-order valence-electron chi connectivity index (χ2n) is 12.2. The highest BCUT2D eigenvalue weighted by Gasteiger charge is 2.41. The number of hydrogen-bond acceptors (Lipinski definition) is 9. The first-order chi connectivity index (χ1) is 20.5. The molecular weight excluding hydrogens is 534 g/mol. The molecule has 1 aliphatic carbocycles. The lowest BCUT2D eigenvalue weighted by atomic mass is 10.0. The highest BCUT2D eigenvalue weighted by atomic mass is 16.5. The predicted molar refractivity (Wildman–Crippen MR) is 160 cm³/mol. The summed E-state index contributed by atoms with van der Waals surface area (Å²) in [6, 6.07) is 4.34. The van der Waals surface area contributed by atoms with Crippen LogP contribution in [0.2, 0.25) is 0 Å². The maximum atomic E-state index is 13.3. The molecule has 3 atom stereocenters. The summed E-state index contributed by atoms with van der Waals surface area (Å²) in [6.45, 7) is 5.82. The van der Waals surface area contributed by atoms with E-state index in [1.165, 1.54) is 25.7 Å². The number of anilines is 4. The van der Waals surface area contributed by atoms with Crippen LogP contribution >= 0.6 is 0 Å². The van der Waals surface area contributed by atoms with Crippen LogP contribution in [0.1, 0.15) is 67.8 Å². The summed E-state index contributed by atoms with van der Waals surface area (Å²) in [5.74, 6) is 1.90. The minimum Gasteiger partial charge on any atom is -0.491 e. The van der Waals surface area contributed by atoms with Crippen molar-refractivity contribution in [2.24, 2.45) is 0 Å². The van der Waals surface area contributed by atoms with Crippen molar-refractivity contribution in [1.82, 2.24) is 20.2 Å². The van der Waals surface area contributed by atoms with Crippen molar-refractivity contribution in [1.29, 1.82) is 0 Å². The summed E-state index contributed by atoms with van der Waals surface area (Å²) in [5.41, 5.74) is 2.99. The van der Waals surface area contributed by atoms with E-state index in [0.717, 1.165) is 61.7 Å². The van der Waals surface area contributed by atoms with Gasteiger partial charge in [0.2, 0.25) is 11.9 Å². The SMILES string of the molecule is CC[C@@H]1C(=O)N(C)c2cnc(Nc3ccc(C(=O)NC[C@H]4CN5CCC[C@@H]5CO4)c4c3OCC4)nc2N1C1CCCC1. The zero-order valence-electron chi connectivity index (χ0n) is 24.6. The van der Waals surface area contributed by atoms with Gasteiger partial charge in [-0.1, -0.05) is 19.8 Å². The third-order valence-corrected chi connectivity index (χ3v) is 9.71. The number of amides is 2. The number of fused-ring (bicyclic) bond motifs is 3. The molecule has 1 aromatic carbocycles. The van der Waals surface area contributed by atoms with E-state index in [0.29, 0.717) is 48.9 Å². The first-order valence-electron chi connectivity index (χ1n) is 15.6. The smallest absolute Gasteiger partial charge is 0.251 e. The Balaban J connectivity index is 1.10. The van der Waals surface area contributed by atoms with Crippen LogP contribution in [-0.2, 0) is 16.0 Å². The maximum absolute atomic E-state index is 13.3. The van der Waals surface area contributed by atoms with Crippen molar-refractivity contribution < 1.29 is 19.1 Å². The number of aromatic nitrogens is 2. The van der Waals surface area contributed by atoms with Gasteiger partial charge in [0.05, 0.1) is 31.2 Å². The Morgan fingerprint density at radius 3 is 2.81 bits per heavy atom. The van der Waals surface area contributed by atoms with Crippen LogP contribution in [0.25, 0.3) is 0 Å². The molecule has 7 rings (SSSR count). The highest BCUT2D eigenvalue weighted by Crippen LogP contribution is 2.41. The van der Waals surface area contributed by atoms with Crippen molar-refractivity contribution in [3.63, 3.8) is 0 Å². The molecule has 5 aliphatic rings. The van der Waals surface area contributed by atoms with E-state index in [4.69, 9.17) is 14.5 Å². The second kappa shape index (κ2) is 11.3. The zero-order valence-corrected chi connectivity index (χ0v) is 24.6. The van der Waals surface area contributed by atoms with Crippen molar-refractivity contribution >= 4 is 35.0 Å². The fourth-order valence-corrected chi connectivity index (χ4v) is 7.48. The highest BCUT2D eigenvalue weighted by molar-refractivity contribution is 6.04. The summed E-state index contributed by atoms with van der Waals surface area (Å²) >= 11 is 0. The van der Waals surface area contributed by atoms with Crippen LogP contribution in [0.15, 0.2) is 18.3 Å². The molecule has 1 saturated carbocycles. The lowest BCUT2D eigenvalue weighted by Gasteiger charge is -2.43. The fourth-order valence-electron chi connectivity index (χ4n) is 7.48. The molecule has 224 valence electrons. The van der Waals surface area contributed by atoms with E-state index in [9.17, 15) is 9.59 Å². The lowest BCUT2D eigenvalue weighted by molar-refractivity contribution is -0.120. The molecule has 11 nitrogen and oxygen atoms in total. The standard InChI is InChI=1S/C31H41N7O4/c1-3-25-30(40)36(2)26-16-33-31(35-28(26)38(25)19-7-4-5-8-19)34-24-11-10-23(22-12-14-41-27(22)24)29(39)32-15-21-17-37-13-6-9-20(37)18-42-21/h10-11,16,19-21,25H,3-9,12-15,17-18H2,1-2H3,(H,32,39)(H,33,34,35)/t20-,21+,25-/m1/s1. The predicted octanol–water partition coefficient (Wildman–Crippen LogP) is 3.25. The molecular formula is C31H41N7O4. The van der Waals surface area contributed by atoms with Crippen LogP contribution in [0.3, 0.4) is 0 Å². The van der Waals surface area contributed by atoms with E-state index < -0.39 is 0 Å². The zero-order chi connectivity index (χ0) is 28.8. The van der Waals surface area contributed by atoms with Crippen molar-refractivity contribution in [3.05, 3.63) is 29.5 Å². The number of carbonyl (C=O) groups excluding carboxylic acids is 2. The average molecular weight is 576 g/mol. The minimum absolute atomic E-state index is 0.0140. The number of likely N-dealkylation sites (N-methyl/N-ethyl adjacent to an activating group) is 1. The number of hydrogen-bond donors (Lipinski definition) is 2. The van der Waals surface area contributed by atoms with Crippen molar-refractivity contribution in [3.8, 4) is 5.75 Å². The Bertz CT molecular complexity index is 1360. The lowest BCUT2D eigenvalue weighted by Crippen LogP contribution is -2.55. The van der Waals surface area contributed by atoms with E-state index >= 15 is 0 Å². The molecule has 0 spiro atoms. The Hall–Kier alpha value is -3.44. The number of morpholine rings is 1. The quantitative estimate of drug-likeness (QED) is 0.514. The number of carbonyl (C=O) groups is 2. The van der Waals surface area contributed by atoms with Gasteiger partial charge in [-0.2, -0.15) is 4.98 Å². The summed E-state index contributed by atoms with van der Waals surface area (Å²) < 4.78 is 12.1. The third kappa shape index (κ3) is 4.86. The van der Waals surface area contributed by atoms with E-state index in [1.807, 2.05) is 12.1 Å². The molecule has 42 heavy (non-hydrogen) atoms. The van der Waals surface area contributed by atoms with Gasteiger partial charge in [-0.25, -0.2) is 4.98 Å². The second-order valence-corrected chi connectivity index (χ2v) is 12.2. The van der Waals surface area contributed by atoms with Crippen LogP contribution in [0.4, 0.5) is 23.1 Å². The van der Waals surface area contributed by atoms with Gasteiger partial charge in [0.15, 0.2) is 5.82 Å². The maximum Gasteiger partial charge on any atom is 0.251 e. The van der Waals surface area contributed by atoms with Crippen LogP contribution in [0, 0.1) is 0 Å². The summed E-state index contributed by atoms with van der Waals surface area (Å²) in [6.07, 6.45) is 10.0. The molecule has 2 saturated heterocycles. The molecule has 0 bridgehead atoms. The molecule has 4 aliphatic heterocycles. The number of rotatable bonds is 7. The van der Waals surface area contributed by atoms with Crippen molar-refractivity contribution in [2.45, 2.75) is 82.5 Å². The Kier molecular flexibility index (Phi) is 7.39. The average Bonchev–Trinajstić information content (AvgIpc) is 3.80. The topological polar surface area (TPSA) is 112 Å². The van der Waals surface area contributed by atoms with Gasteiger partial charge in [0.1, 0.15) is 17.5 Å². The monoisotopic (exact) mass is 575 g/mol. The van der Waals surface area contributed by atoms with Crippen LogP contribution in [0.5, 0.6) is 5.75 Å². The summed E-state index contributed by atoms with van der Waals surface area (Å²) in [4.78, 5) is 42.4. The third-order valence-electron chi connectivity index (χ3n) is 9.71. The number of nitrogens with one attached hydrogen (secondary N) is 2. The molecule has 2 N–H and O–H groups in total. The Morgan fingerprint density at radius 2 is 1.98 bits per heavy atom. The molecule has 0 radical (unpaired) electrons. The number of ether oxygens (including phenoxy) is 2. The summed E-state index contributed by atoms with van der Waals surface area (Å²) in [5, 5.41) is 6.46. The summed E-state index contributed by atoms with van der Waals surface area (Å²) in [7, 11) is 1.81. The molecule has 3 fully saturated rings. The molecule has 1 aromatic heterocycles. The van der Waals surface area contributed by atoms with E-state index in [1.54, 1.807) is 18.1 Å². The van der Waals surface area contributed by atoms with Gasteiger partial charge in [-0.15, -0.1) is 0 Å². The van der Waals surface area contributed by atoms with Gasteiger partial charge in [0.25, 0.3) is 5.91 Å². The van der Waals surface area contributed by atoms with Gasteiger partial charge in [0, 0.05) is 49.8 Å². The molecule has 11 heteroatoms. The van der Waals surface area contributed by atoms with Gasteiger partial charge in [-0.05, 0) is 50.8 Å². The Labute approximate surface area is 246 Å². The first-order valence-corrected chi connectivity index (χ1v) is 15.6. The number of nitrogens with zero attached hydrogens (tertiary/aromatic N) is 5. The van der Waals surface area contributed by atoms with E-state index in [-0.39, 0.29) is 24.0 Å².